The summed E-state index contributed by atoms with van der Waals surface area (Å²) in [5.74, 6) is 0.0194. The molecule has 2 fully saturated rings. The average Bonchev–Trinajstić information content (AvgIpc) is 1.06. The van der Waals surface area contributed by atoms with Crippen molar-refractivity contribution in [2.24, 2.45) is 11.7 Å². The number of hydrogen-bond acceptors (Lipinski definition) is 20. The van der Waals surface area contributed by atoms with Crippen LogP contribution in [0.25, 0.3) is 33.5 Å². The summed E-state index contributed by atoms with van der Waals surface area (Å²) in [6, 6.07) is 27.7. The summed E-state index contributed by atoms with van der Waals surface area (Å²) in [4.78, 5) is 107. The molecule has 7 aromatic rings. The van der Waals surface area contributed by atoms with Gasteiger partial charge >= 0.3 is 12.1 Å². The fourth-order valence-electron chi connectivity index (χ4n) is 13.1. The monoisotopic (exact) mass is 1460 g/mol. The molecule has 568 valence electrons. The zero-order chi connectivity index (χ0) is 74.8. The molecular weight excluding hydrogens is 1360 g/mol. The Morgan fingerprint density at radius 3 is 2.14 bits per heavy atom. The number of methoxy groups -OCH3 is 1. The van der Waals surface area contributed by atoms with Crippen LogP contribution in [0.15, 0.2) is 103 Å². The van der Waals surface area contributed by atoms with Gasteiger partial charge < -0.3 is 85.2 Å². The van der Waals surface area contributed by atoms with Gasteiger partial charge in [-0.25, -0.2) is 19.6 Å². The summed E-state index contributed by atoms with van der Waals surface area (Å²) in [5.41, 5.74) is 14.5. The van der Waals surface area contributed by atoms with E-state index in [2.05, 4.69) is 81.9 Å². The predicted octanol–water partition coefficient (Wildman–Crippen LogP) is 6.99. The van der Waals surface area contributed by atoms with Gasteiger partial charge in [-0.05, 0) is 79.1 Å². The number of aromatic nitrogens is 6. The largest absolute Gasteiger partial charge is 0.496 e. The number of hydrogen-bond donors (Lipinski definition) is 8. The summed E-state index contributed by atoms with van der Waals surface area (Å²) >= 11 is 0. The fraction of sp³-hybridized carbons (Fsp3) is 0.487. The lowest BCUT2D eigenvalue weighted by Gasteiger charge is -2.53. The van der Waals surface area contributed by atoms with Crippen molar-refractivity contribution >= 4 is 69.9 Å². The number of benzene rings is 4. The molecule has 106 heavy (non-hydrogen) atoms. The quantitative estimate of drug-likeness (QED) is 0.0179. The van der Waals surface area contributed by atoms with E-state index in [1.54, 1.807) is 55.0 Å². The molecule has 0 saturated carbocycles. The number of primary amides is 1. The van der Waals surface area contributed by atoms with Crippen LogP contribution in [0.2, 0.25) is 0 Å². The molecule has 6 heterocycles. The zero-order valence-corrected chi connectivity index (χ0v) is 61.2. The van der Waals surface area contributed by atoms with Crippen LogP contribution in [-0.2, 0) is 78.6 Å². The van der Waals surface area contributed by atoms with E-state index in [0.717, 1.165) is 87.7 Å². The van der Waals surface area contributed by atoms with Crippen molar-refractivity contribution < 1.29 is 66.7 Å². The van der Waals surface area contributed by atoms with Gasteiger partial charge in [0.05, 0.1) is 97.4 Å². The topological polar surface area (TPSA) is 364 Å². The first-order valence-electron chi connectivity index (χ1n) is 36.5. The maximum atomic E-state index is 13.9. The molecule has 0 bridgehead atoms. The summed E-state index contributed by atoms with van der Waals surface area (Å²) < 4.78 is 42.6. The number of morpholine rings is 1. The first-order chi connectivity index (χ1) is 51.5. The van der Waals surface area contributed by atoms with E-state index >= 15 is 0 Å². The molecule has 1 spiro atoms. The third kappa shape index (κ3) is 22.2. The Kier molecular flexibility index (Phi) is 29.1. The van der Waals surface area contributed by atoms with Crippen LogP contribution in [-0.4, -0.2) is 211 Å². The Morgan fingerprint density at radius 1 is 0.698 bits per heavy atom. The highest BCUT2D eigenvalue weighted by Gasteiger charge is 2.48. The normalized spacial score (nSPS) is 14.4. The lowest BCUT2D eigenvalue weighted by Crippen LogP contribution is -2.70. The van der Waals surface area contributed by atoms with E-state index in [1.807, 2.05) is 67.7 Å². The number of amides is 8. The second kappa shape index (κ2) is 39.3. The number of unbranched alkanes of at least 4 members (excludes halogenated alkanes) is 2. The number of urea groups is 1. The van der Waals surface area contributed by atoms with Crippen molar-refractivity contribution in [3.05, 3.63) is 131 Å². The second-order valence-corrected chi connectivity index (χ2v) is 26.9. The van der Waals surface area contributed by atoms with Gasteiger partial charge in [0.1, 0.15) is 52.8 Å². The molecule has 0 unspecified atom stereocenters. The first-order valence-corrected chi connectivity index (χ1v) is 36.5. The highest BCUT2D eigenvalue weighted by molar-refractivity contribution is 6.01. The molecule has 0 radical (unpaired) electrons. The van der Waals surface area contributed by atoms with E-state index in [4.69, 9.17) is 48.9 Å². The number of nitrogens with zero attached hydrogens (tertiary/aromatic N) is 8. The number of carbonyl (C=O) groups is 7. The number of H-pyrrole nitrogens is 1. The van der Waals surface area contributed by atoms with Gasteiger partial charge in [0.2, 0.25) is 29.5 Å². The van der Waals surface area contributed by atoms with Crippen molar-refractivity contribution in [2.75, 3.05) is 128 Å². The minimum absolute atomic E-state index is 0.0123. The van der Waals surface area contributed by atoms with Gasteiger partial charge in [-0.3, -0.25) is 28.9 Å². The maximum absolute atomic E-state index is 13.9. The molecule has 3 aliphatic heterocycles. The zero-order valence-electron chi connectivity index (χ0n) is 61.2. The number of nitrogens with one attached hydrogen (secondary N) is 7. The summed E-state index contributed by atoms with van der Waals surface area (Å²) in [5, 5.41) is 28.8. The van der Waals surface area contributed by atoms with Crippen molar-refractivity contribution in [1.82, 2.24) is 61.0 Å². The fourth-order valence-corrected chi connectivity index (χ4v) is 13.1. The van der Waals surface area contributed by atoms with E-state index in [0.29, 0.717) is 108 Å². The highest BCUT2D eigenvalue weighted by Crippen LogP contribution is 2.40. The molecule has 3 aromatic heterocycles. The second-order valence-electron chi connectivity index (χ2n) is 26.9. The average molecular weight is 1460 g/mol. The number of likely N-dealkylation sites (tertiary alicyclic amines) is 1. The highest BCUT2D eigenvalue weighted by atomic mass is 16.6. The molecule has 2 atom stereocenters. The van der Waals surface area contributed by atoms with Gasteiger partial charge in [-0.15, -0.1) is 0 Å². The number of fused-ring (bicyclic) bond motifs is 6. The van der Waals surface area contributed by atoms with Crippen LogP contribution < -0.4 is 47.3 Å². The minimum atomic E-state index is -1.06. The molecule has 8 amide bonds. The number of anilines is 3. The van der Waals surface area contributed by atoms with Crippen LogP contribution in [0.3, 0.4) is 0 Å². The van der Waals surface area contributed by atoms with Crippen LogP contribution >= 0.6 is 0 Å². The van der Waals surface area contributed by atoms with Crippen molar-refractivity contribution in [2.45, 2.75) is 123 Å². The Hall–Kier alpha value is -10.1. The van der Waals surface area contributed by atoms with Gasteiger partial charge in [-0.2, -0.15) is 15.4 Å². The lowest BCUT2D eigenvalue weighted by molar-refractivity contribution is -0.181. The van der Waals surface area contributed by atoms with E-state index in [1.165, 1.54) is 0 Å². The Labute approximate surface area is 617 Å². The molecule has 30 heteroatoms. The molecule has 0 aliphatic carbocycles. The van der Waals surface area contributed by atoms with Gasteiger partial charge in [0, 0.05) is 93.7 Å². The Bertz CT molecular complexity index is 4090. The van der Waals surface area contributed by atoms with E-state index in [-0.39, 0.29) is 89.5 Å². The molecule has 30 nitrogen and oxygen atoms in total. The maximum Gasteiger partial charge on any atom is 0.410 e. The van der Waals surface area contributed by atoms with Crippen LogP contribution in [0.1, 0.15) is 100 Å². The Balaban J connectivity index is 0.573. The number of para-hydroxylation sites is 1. The lowest BCUT2D eigenvalue weighted by atomic mass is 9.91. The smallest absolute Gasteiger partial charge is 0.410 e. The number of aryl methyl sites for hydroxylation is 1. The van der Waals surface area contributed by atoms with Crippen LogP contribution in [0.5, 0.6) is 5.75 Å². The molecule has 9 N–H and O–H groups in total. The number of ether oxygens (including phenoxy) is 7. The molecule has 10 rings (SSSR count). The molecule has 3 aliphatic rings. The van der Waals surface area contributed by atoms with Gasteiger partial charge in [0.25, 0.3) is 0 Å². The van der Waals surface area contributed by atoms with Crippen molar-refractivity contribution in [3.63, 3.8) is 0 Å². The van der Waals surface area contributed by atoms with E-state index in [9.17, 15) is 33.6 Å². The molecular formula is C76H100N16O14. The predicted molar refractivity (Wildman–Crippen MR) is 397 cm³/mol. The SMILES string of the molecule is CCCCCNc1nc(C)nc2ccn(Cc3ccc(CN4CC5(C4)CN(C(=O)OCc4ccc(NC(=O)[C@H](CCCNC(N)=O)NC(=O)[C@@H](NC(=O)CCOCCOCCOCCOCCNC(=O)CCC(=O)N6Cc7ccccc7-c7n[nH]nc7-c7ccccc76)C(C)C)cc4)CCO5)cc3OC)c12. The minimum Gasteiger partial charge on any atom is -0.496 e. The number of carbonyl (C=O) groups excluding carboxylic acids is 7. The number of aromatic amines is 1. The number of rotatable bonds is 40. The number of nitrogens with two attached hydrogens (primary N) is 1. The standard InChI is InChI=1S/C76H100N16O14/c1-6-7-12-29-79-71-70-60(81-52(4)82-71)27-32-90(70)45-56-22-19-54(43-63(56)100-5)44-89-48-76(49-89)50-91(33-36-106-76)75(99)105-47-53-20-23-57(24-21-53)83-72(96)61(17-13-30-80-74(77)98)84-73(97)67(51(2)3)85-65(94)28-34-101-37-39-103-41-42-104-40-38-102-35-31-78-64(93)25-26-66(95)92-46-55-14-8-9-15-58(55)68-69(87-88-86-68)59-16-10-11-18-62(59)92/h8-11,14-16,18-24,27,32,43,51,61,67H,6-7,12-13,17,25-26,28-31,33-42,44-50H2,1-5H3,(H,78,93)(H,83,96)(H,84,97)(H,85,94)(H3,77,80,98)(H,79,81,82)(H,86,87,88)/t61-,67-/m0/s1. The van der Waals surface area contributed by atoms with Crippen LogP contribution in [0.4, 0.5) is 26.8 Å². The van der Waals surface area contributed by atoms with Gasteiger partial charge in [-0.1, -0.05) is 100 Å². The third-order valence-corrected chi connectivity index (χ3v) is 18.5. The molecule has 4 aromatic carbocycles. The van der Waals surface area contributed by atoms with Gasteiger partial charge in [0.15, 0.2) is 5.82 Å². The van der Waals surface area contributed by atoms with E-state index < -0.39 is 47.5 Å². The summed E-state index contributed by atoms with van der Waals surface area (Å²) in [6.45, 7) is 14.9. The molecule has 2 saturated heterocycles. The van der Waals surface area contributed by atoms with Crippen molar-refractivity contribution in [1.29, 1.82) is 0 Å². The van der Waals surface area contributed by atoms with Crippen LogP contribution in [0, 0.1) is 12.8 Å². The van der Waals surface area contributed by atoms with Crippen molar-refractivity contribution in [3.8, 4) is 28.3 Å². The third-order valence-electron chi connectivity index (χ3n) is 18.5. The summed E-state index contributed by atoms with van der Waals surface area (Å²) in [7, 11) is 1.69. The first kappa shape index (κ1) is 78.5. The Morgan fingerprint density at radius 2 is 1.41 bits per heavy atom. The summed E-state index contributed by atoms with van der Waals surface area (Å²) in [6.07, 6.45) is 5.36.